The van der Waals surface area contributed by atoms with Crippen LogP contribution in [0.3, 0.4) is 0 Å². The van der Waals surface area contributed by atoms with Gasteiger partial charge in [-0.2, -0.15) is 13.2 Å². The maximum Gasteiger partial charge on any atom is 0.451 e. The number of halogens is 5. The number of benzene rings is 2. The summed E-state index contributed by atoms with van der Waals surface area (Å²) >= 11 is 0. The smallest absolute Gasteiger partial charge is 0.326 e. The molecule has 1 aromatic heterocycles. The molecular formula is C24H25F5N4O2S. The minimum atomic E-state index is -4.59. The molecule has 1 saturated heterocycles. The van der Waals surface area contributed by atoms with Gasteiger partial charge < -0.3 is 10.5 Å². The van der Waals surface area contributed by atoms with Gasteiger partial charge in [-0.15, -0.1) is 0 Å². The van der Waals surface area contributed by atoms with Crippen molar-refractivity contribution < 1.29 is 31.0 Å². The Labute approximate surface area is 208 Å². The fourth-order valence-electron chi connectivity index (χ4n) is 3.40. The number of aromatic nitrogens is 2. The Morgan fingerprint density at radius 2 is 1.64 bits per heavy atom. The Kier molecular flexibility index (Phi) is 10.8. The summed E-state index contributed by atoms with van der Waals surface area (Å²) in [5, 5.41) is 0. The molecule has 0 spiro atoms. The molecule has 0 radical (unpaired) electrons. The molecule has 1 fully saturated rings. The number of carbonyl (C=O) groups is 1. The predicted molar refractivity (Wildman–Crippen MR) is 126 cm³/mol. The lowest BCUT2D eigenvalue weighted by molar-refractivity contribution is -0.145. The number of nitrogens with two attached hydrogens (primary N) is 1. The molecule has 2 unspecified atom stereocenters. The van der Waals surface area contributed by atoms with Crippen molar-refractivity contribution in [1.82, 2.24) is 14.3 Å². The molecule has 0 aliphatic carbocycles. The number of nitrogens with zero attached hydrogens (tertiary/aromatic N) is 3. The molecule has 2 N–H and O–H groups in total. The average Bonchev–Trinajstić information content (AvgIpc) is 3.30. The van der Waals surface area contributed by atoms with E-state index in [1.807, 2.05) is 11.1 Å². The van der Waals surface area contributed by atoms with Crippen molar-refractivity contribution in [2.75, 3.05) is 6.54 Å². The van der Waals surface area contributed by atoms with E-state index in [4.69, 9.17) is 10.5 Å². The van der Waals surface area contributed by atoms with E-state index in [-0.39, 0.29) is 12.4 Å². The van der Waals surface area contributed by atoms with Crippen LogP contribution in [0.4, 0.5) is 22.0 Å². The molecule has 2 aromatic carbocycles. The summed E-state index contributed by atoms with van der Waals surface area (Å²) in [6.07, 6.45) is -0.403. The van der Waals surface area contributed by atoms with Gasteiger partial charge in [0.1, 0.15) is 29.4 Å². The van der Waals surface area contributed by atoms with Crippen LogP contribution in [-0.2, 0) is 28.5 Å². The van der Waals surface area contributed by atoms with Gasteiger partial charge in [-0.05, 0) is 73.4 Å². The largest absolute Gasteiger partial charge is 0.451 e. The molecule has 1 aliphatic heterocycles. The molecule has 0 bridgehead atoms. The zero-order valence-corrected chi connectivity index (χ0v) is 20.2. The van der Waals surface area contributed by atoms with Crippen LogP contribution in [0.25, 0.3) is 11.1 Å². The molecule has 4 rings (SSSR count). The summed E-state index contributed by atoms with van der Waals surface area (Å²) in [4.78, 5) is 15.1. The van der Waals surface area contributed by atoms with E-state index in [0.717, 1.165) is 31.8 Å². The second-order valence-corrected chi connectivity index (χ2v) is 9.12. The van der Waals surface area contributed by atoms with E-state index in [9.17, 15) is 26.2 Å². The first-order valence-electron chi connectivity index (χ1n) is 10.7. The lowest BCUT2D eigenvalue weighted by atomic mass is 10.1. The Bertz CT molecular complexity index is 1140. The van der Waals surface area contributed by atoms with Gasteiger partial charge in [0.05, 0.1) is 4.90 Å². The molecule has 12 heteroatoms. The number of rotatable bonds is 4. The van der Waals surface area contributed by atoms with E-state index < -0.39 is 28.8 Å². The fraction of sp³-hybridized carbons (Fsp3) is 0.292. The van der Waals surface area contributed by atoms with E-state index >= 15 is 0 Å². The van der Waals surface area contributed by atoms with Gasteiger partial charge in [-0.1, -0.05) is 0 Å². The Morgan fingerprint density at radius 3 is 2.14 bits per heavy atom. The third-order valence-electron chi connectivity index (χ3n) is 5.15. The molecule has 2 heterocycles. The van der Waals surface area contributed by atoms with Gasteiger partial charge in [-0.3, -0.25) is 0 Å². The van der Waals surface area contributed by atoms with Gasteiger partial charge >= 0.3 is 6.18 Å². The molecule has 36 heavy (non-hydrogen) atoms. The summed E-state index contributed by atoms with van der Waals surface area (Å²) in [7, 11) is -1.13. The van der Waals surface area contributed by atoms with Gasteiger partial charge in [0.25, 0.3) is 0 Å². The quantitative estimate of drug-likeness (QED) is 0.487. The van der Waals surface area contributed by atoms with Crippen molar-refractivity contribution in [3.05, 3.63) is 77.9 Å². The minimum Gasteiger partial charge on any atom is -0.326 e. The van der Waals surface area contributed by atoms with Crippen molar-refractivity contribution in [2.24, 2.45) is 5.73 Å². The fourth-order valence-corrected chi connectivity index (χ4v) is 4.76. The second kappa shape index (κ2) is 13.3. The highest BCUT2D eigenvalue weighted by Gasteiger charge is 2.34. The molecular weight excluding hydrogens is 503 g/mol. The molecule has 2 atom stereocenters. The number of hydrogen-bond donors (Lipinski definition) is 1. The van der Waals surface area contributed by atoms with Crippen LogP contribution in [0.5, 0.6) is 0 Å². The van der Waals surface area contributed by atoms with Crippen LogP contribution < -0.4 is 5.73 Å². The Balaban J connectivity index is 0.000000243. The molecule has 0 saturated carbocycles. The van der Waals surface area contributed by atoms with Crippen LogP contribution in [-0.4, -0.2) is 37.9 Å². The van der Waals surface area contributed by atoms with E-state index in [1.165, 1.54) is 24.3 Å². The van der Waals surface area contributed by atoms with Crippen molar-refractivity contribution >= 4 is 17.8 Å². The zero-order chi connectivity index (χ0) is 26.9. The van der Waals surface area contributed by atoms with Crippen LogP contribution in [0, 0.1) is 11.6 Å². The Morgan fingerprint density at radius 1 is 1.03 bits per heavy atom. The first-order chi connectivity index (χ1) is 17.1. The molecule has 1 aliphatic rings. The summed E-state index contributed by atoms with van der Waals surface area (Å²) < 4.78 is 76.9. The molecule has 6 nitrogen and oxygen atoms in total. The standard InChI is InChI=1S/C12H9F4N3.C11H14FNOS.CH2O/c13-10-2-7(4-17)1-8(3-10)9-5-18-11(19-6-9)12(14,15)16;1-9-3-2-8-13(9)15(14)11-6-4-10(12)5-7-11;1-2/h1-3,5-6H,4,17H2;4-7,9H,2-3,8H2,1H3;1H2. The molecule has 194 valence electrons. The highest BCUT2D eigenvalue weighted by atomic mass is 32.2. The lowest BCUT2D eigenvalue weighted by Crippen LogP contribution is -2.28. The first kappa shape index (κ1) is 29.1. The SMILES string of the molecule is C=O.CC1CCCN1S(=O)c1ccc(F)cc1.NCc1cc(F)cc(-c2cnc(C(F)(F)F)nc2)c1. The second-order valence-electron chi connectivity index (χ2n) is 7.68. The third-order valence-corrected chi connectivity index (χ3v) is 6.80. The third kappa shape index (κ3) is 7.97. The monoisotopic (exact) mass is 528 g/mol. The summed E-state index contributed by atoms with van der Waals surface area (Å²) in [6.45, 7) is 5.08. The van der Waals surface area contributed by atoms with Crippen molar-refractivity contribution in [1.29, 1.82) is 0 Å². The van der Waals surface area contributed by atoms with Gasteiger partial charge in [-0.25, -0.2) is 27.3 Å². The number of carbonyl (C=O) groups excluding carboxylic acids is 1. The topological polar surface area (TPSA) is 89.2 Å². The van der Waals surface area contributed by atoms with E-state index in [1.54, 1.807) is 18.2 Å². The zero-order valence-electron chi connectivity index (χ0n) is 19.3. The highest BCUT2D eigenvalue weighted by molar-refractivity contribution is 7.82. The van der Waals surface area contributed by atoms with Crippen molar-refractivity contribution in [2.45, 2.75) is 43.4 Å². The maximum absolute atomic E-state index is 13.3. The van der Waals surface area contributed by atoms with Crippen LogP contribution in [0.1, 0.15) is 31.2 Å². The van der Waals surface area contributed by atoms with Crippen LogP contribution in [0.2, 0.25) is 0 Å². The predicted octanol–water partition coefficient (Wildman–Crippen LogP) is 4.91. The van der Waals surface area contributed by atoms with Gasteiger partial charge in [0.15, 0.2) is 0 Å². The van der Waals surface area contributed by atoms with Crippen molar-refractivity contribution in [3.63, 3.8) is 0 Å². The Hall–Kier alpha value is -3.09. The van der Waals surface area contributed by atoms with E-state index in [0.29, 0.717) is 27.6 Å². The van der Waals surface area contributed by atoms with Gasteiger partial charge in [0.2, 0.25) is 5.82 Å². The van der Waals surface area contributed by atoms with Crippen molar-refractivity contribution in [3.8, 4) is 11.1 Å². The average molecular weight is 529 g/mol. The normalized spacial score (nSPS) is 16.4. The van der Waals surface area contributed by atoms with Crippen LogP contribution in [0.15, 0.2) is 59.8 Å². The summed E-state index contributed by atoms with van der Waals surface area (Å²) in [5.41, 5.74) is 6.61. The molecule has 0 amide bonds. The number of hydrogen-bond acceptors (Lipinski definition) is 5. The number of alkyl halides is 3. The van der Waals surface area contributed by atoms with Gasteiger partial charge in [0, 0.05) is 37.1 Å². The van der Waals surface area contributed by atoms with Crippen LogP contribution >= 0.6 is 0 Å². The lowest BCUT2D eigenvalue weighted by Gasteiger charge is -2.19. The molecule has 3 aromatic rings. The summed E-state index contributed by atoms with van der Waals surface area (Å²) in [5.74, 6) is -2.03. The highest BCUT2D eigenvalue weighted by Crippen LogP contribution is 2.27. The van der Waals surface area contributed by atoms with E-state index in [2.05, 4.69) is 16.9 Å². The first-order valence-corrected chi connectivity index (χ1v) is 11.8. The summed E-state index contributed by atoms with van der Waals surface area (Å²) in [6, 6.07) is 10.3. The maximum atomic E-state index is 13.3. The minimum absolute atomic E-state index is 0.131.